The molecule has 2 aromatic heterocycles. The Morgan fingerprint density at radius 3 is 2.74 bits per heavy atom. The Kier molecular flexibility index (Phi) is 6.18. The molecule has 11 nitrogen and oxygen atoms in total. The number of benzene rings is 1. The molecule has 1 saturated heterocycles. The van der Waals surface area contributed by atoms with Crippen molar-refractivity contribution in [3.8, 4) is 5.69 Å². The third-order valence-corrected chi connectivity index (χ3v) is 4.62. The summed E-state index contributed by atoms with van der Waals surface area (Å²) in [7, 11) is 0. The van der Waals surface area contributed by atoms with E-state index < -0.39 is 24.3 Å². The van der Waals surface area contributed by atoms with Crippen LogP contribution in [0.4, 0.5) is 14.9 Å². The Morgan fingerprint density at radius 2 is 2.06 bits per heavy atom. The van der Waals surface area contributed by atoms with Crippen molar-refractivity contribution in [3.63, 3.8) is 0 Å². The fourth-order valence-electron chi connectivity index (χ4n) is 3.24. The molecule has 164 valence electrons. The fourth-order valence-corrected chi connectivity index (χ4v) is 3.24. The minimum Gasteiger partial charge on any atom is -0.442 e. The van der Waals surface area contributed by atoms with Gasteiger partial charge in [0, 0.05) is 19.4 Å². The number of hydrogen-bond donors (Lipinski definition) is 0. The van der Waals surface area contributed by atoms with Crippen molar-refractivity contribution >= 4 is 11.8 Å². The lowest BCUT2D eigenvalue weighted by Crippen LogP contribution is -2.26. The van der Waals surface area contributed by atoms with Crippen molar-refractivity contribution in [1.29, 1.82) is 0 Å². The van der Waals surface area contributed by atoms with Crippen molar-refractivity contribution in [2.75, 3.05) is 24.7 Å². The standard InChI is InChI=1S/C19H22FN7O4/c1-3-29-18(30-4-2)16-12-27(24-22-16)17-6-5-13(9-15(17)20)26-11-14(31-19(26)28)10-25-8-7-21-23-25/h5-9,12,14,18H,3-4,10-11H2,1-2H3. The Hall–Kier alpha value is -3.38. The van der Waals surface area contributed by atoms with Gasteiger partial charge in [0.25, 0.3) is 0 Å². The van der Waals surface area contributed by atoms with E-state index in [0.29, 0.717) is 31.1 Å². The van der Waals surface area contributed by atoms with Crippen molar-refractivity contribution in [3.05, 3.63) is 48.3 Å². The number of anilines is 1. The number of amides is 1. The number of carbonyl (C=O) groups is 1. The van der Waals surface area contributed by atoms with Crippen LogP contribution in [0.5, 0.6) is 0 Å². The van der Waals surface area contributed by atoms with Gasteiger partial charge in [0.1, 0.15) is 17.5 Å². The van der Waals surface area contributed by atoms with E-state index in [1.807, 2.05) is 13.8 Å². The maximum absolute atomic E-state index is 14.9. The first-order chi connectivity index (χ1) is 15.1. The largest absolute Gasteiger partial charge is 0.442 e. The Bertz CT molecular complexity index is 1020. The van der Waals surface area contributed by atoms with Crippen molar-refractivity contribution < 1.29 is 23.4 Å². The third kappa shape index (κ3) is 4.54. The van der Waals surface area contributed by atoms with Gasteiger partial charge in [-0.25, -0.2) is 18.5 Å². The Balaban J connectivity index is 1.49. The van der Waals surface area contributed by atoms with Gasteiger partial charge in [0.2, 0.25) is 6.29 Å². The van der Waals surface area contributed by atoms with E-state index in [4.69, 9.17) is 14.2 Å². The fraction of sp³-hybridized carbons (Fsp3) is 0.421. The molecule has 3 heterocycles. The Labute approximate surface area is 177 Å². The summed E-state index contributed by atoms with van der Waals surface area (Å²) >= 11 is 0. The molecule has 0 N–H and O–H groups in total. The van der Waals surface area contributed by atoms with Gasteiger partial charge < -0.3 is 14.2 Å². The predicted molar refractivity (Wildman–Crippen MR) is 105 cm³/mol. The van der Waals surface area contributed by atoms with Crippen LogP contribution in [0.15, 0.2) is 36.8 Å². The van der Waals surface area contributed by atoms with Gasteiger partial charge in [-0.3, -0.25) is 4.90 Å². The average molecular weight is 431 g/mol. The highest BCUT2D eigenvalue weighted by molar-refractivity contribution is 5.89. The van der Waals surface area contributed by atoms with Gasteiger partial charge >= 0.3 is 6.09 Å². The molecule has 1 unspecified atom stereocenters. The van der Waals surface area contributed by atoms with Crippen molar-refractivity contribution in [1.82, 2.24) is 30.0 Å². The molecular weight excluding hydrogens is 409 g/mol. The van der Waals surface area contributed by atoms with Crippen LogP contribution in [0.25, 0.3) is 5.69 Å². The molecule has 0 bridgehead atoms. The SMILES string of the molecule is CCOC(OCC)c1cn(-c2ccc(N3CC(Cn4ccnn4)OC3=O)cc2F)nn1. The lowest BCUT2D eigenvalue weighted by atomic mass is 10.2. The van der Waals surface area contributed by atoms with Crippen LogP contribution >= 0.6 is 0 Å². The smallest absolute Gasteiger partial charge is 0.414 e. The number of hydrogen-bond acceptors (Lipinski definition) is 8. The third-order valence-electron chi connectivity index (χ3n) is 4.62. The summed E-state index contributed by atoms with van der Waals surface area (Å²) in [5, 5.41) is 15.6. The zero-order valence-electron chi connectivity index (χ0n) is 17.1. The zero-order chi connectivity index (χ0) is 21.8. The molecule has 0 radical (unpaired) electrons. The molecule has 1 atom stereocenters. The van der Waals surface area contributed by atoms with Crippen molar-refractivity contribution in [2.24, 2.45) is 0 Å². The van der Waals surface area contributed by atoms with Crippen LogP contribution in [0.2, 0.25) is 0 Å². The van der Waals surface area contributed by atoms with E-state index in [1.165, 1.54) is 21.7 Å². The van der Waals surface area contributed by atoms with E-state index in [0.717, 1.165) is 0 Å². The first kappa shape index (κ1) is 20.9. The molecule has 1 aliphatic heterocycles. The maximum Gasteiger partial charge on any atom is 0.414 e. The van der Waals surface area contributed by atoms with Gasteiger partial charge in [0.05, 0.1) is 31.2 Å². The molecule has 0 saturated carbocycles. The second kappa shape index (κ2) is 9.18. The second-order valence-corrected chi connectivity index (χ2v) is 6.71. The average Bonchev–Trinajstić information content (AvgIpc) is 3.50. The molecule has 3 aromatic rings. The van der Waals surface area contributed by atoms with Crippen LogP contribution in [0.3, 0.4) is 0 Å². The highest BCUT2D eigenvalue weighted by atomic mass is 19.1. The van der Waals surface area contributed by atoms with Crippen LogP contribution in [0, 0.1) is 5.82 Å². The second-order valence-electron chi connectivity index (χ2n) is 6.71. The molecule has 1 aliphatic rings. The summed E-state index contributed by atoms with van der Waals surface area (Å²) in [6, 6.07) is 4.41. The van der Waals surface area contributed by atoms with Gasteiger partial charge in [0.15, 0.2) is 5.82 Å². The highest BCUT2D eigenvalue weighted by Gasteiger charge is 2.33. The molecule has 12 heteroatoms. The number of ether oxygens (including phenoxy) is 3. The number of nitrogens with zero attached hydrogens (tertiary/aromatic N) is 7. The molecule has 4 rings (SSSR count). The maximum atomic E-state index is 14.9. The summed E-state index contributed by atoms with van der Waals surface area (Å²) in [6.07, 6.45) is 3.14. The number of rotatable bonds is 9. The topological polar surface area (TPSA) is 109 Å². The van der Waals surface area contributed by atoms with Gasteiger partial charge in [-0.05, 0) is 32.0 Å². The van der Waals surface area contributed by atoms with Gasteiger partial charge in [-0.15, -0.1) is 10.2 Å². The van der Waals surface area contributed by atoms with Crippen LogP contribution in [-0.2, 0) is 20.8 Å². The van der Waals surface area contributed by atoms with E-state index in [9.17, 15) is 9.18 Å². The lowest BCUT2D eigenvalue weighted by Gasteiger charge is -2.14. The number of halogens is 1. The van der Waals surface area contributed by atoms with Crippen LogP contribution in [0.1, 0.15) is 25.8 Å². The van der Waals surface area contributed by atoms with E-state index in [-0.39, 0.29) is 12.2 Å². The molecule has 1 aromatic carbocycles. The van der Waals surface area contributed by atoms with Crippen LogP contribution in [-0.4, -0.2) is 61.9 Å². The summed E-state index contributed by atoms with van der Waals surface area (Å²) in [5.74, 6) is -0.564. The van der Waals surface area contributed by atoms with E-state index >= 15 is 0 Å². The molecule has 0 spiro atoms. The summed E-state index contributed by atoms with van der Waals surface area (Å²) in [5.41, 5.74) is 1.00. The van der Waals surface area contributed by atoms with E-state index in [1.54, 1.807) is 29.3 Å². The molecule has 1 amide bonds. The molecule has 31 heavy (non-hydrogen) atoms. The lowest BCUT2D eigenvalue weighted by molar-refractivity contribution is -0.142. The van der Waals surface area contributed by atoms with Crippen molar-refractivity contribution in [2.45, 2.75) is 32.8 Å². The minimum atomic E-state index is -0.674. The molecule has 0 aliphatic carbocycles. The zero-order valence-corrected chi connectivity index (χ0v) is 17.1. The Morgan fingerprint density at radius 1 is 1.26 bits per heavy atom. The summed E-state index contributed by atoms with van der Waals surface area (Å²) in [4.78, 5) is 13.6. The first-order valence-electron chi connectivity index (χ1n) is 9.86. The molecular formula is C19H22FN7O4. The normalized spacial score (nSPS) is 16.3. The van der Waals surface area contributed by atoms with Crippen LogP contribution < -0.4 is 4.90 Å². The van der Waals surface area contributed by atoms with Gasteiger partial charge in [-0.1, -0.05) is 10.4 Å². The number of aromatic nitrogens is 6. The predicted octanol–water partition coefficient (Wildman–Crippen LogP) is 2.09. The monoisotopic (exact) mass is 431 g/mol. The minimum absolute atomic E-state index is 0.181. The van der Waals surface area contributed by atoms with Gasteiger partial charge in [-0.2, -0.15) is 0 Å². The quantitative estimate of drug-likeness (QED) is 0.474. The highest BCUT2D eigenvalue weighted by Crippen LogP contribution is 2.26. The summed E-state index contributed by atoms with van der Waals surface area (Å²) in [6.45, 7) is 5.19. The summed E-state index contributed by atoms with van der Waals surface area (Å²) < 4.78 is 34.1. The molecule has 1 fully saturated rings. The first-order valence-corrected chi connectivity index (χ1v) is 9.86. The number of carbonyl (C=O) groups excluding carboxylic acids is 1. The van der Waals surface area contributed by atoms with E-state index in [2.05, 4.69) is 20.6 Å². The number of cyclic esters (lactones) is 1.